The maximum atomic E-state index is 6.07. The van der Waals surface area contributed by atoms with Crippen molar-refractivity contribution >= 4 is 27.5 Å². The van der Waals surface area contributed by atoms with E-state index in [1.807, 2.05) is 6.07 Å². The molecule has 0 heterocycles. The lowest BCUT2D eigenvalue weighted by molar-refractivity contribution is 0.327. The first kappa shape index (κ1) is 11.5. The van der Waals surface area contributed by atoms with E-state index in [1.165, 1.54) is 37.7 Å². The molecule has 0 amide bonds. The van der Waals surface area contributed by atoms with Crippen LogP contribution in [0.4, 0.5) is 0 Å². The third kappa shape index (κ3) is 2.39. The first-order valence-electron chi connectivity index (χ1n) is 5.59. The summed E-state index contributed by atoms with van der Waals surface area (Å²) in [4.78, 5) is 0. The van der Waals surface area contributed by atoms with Crippen LogP contribution in [-0.2, 0) is 5.41 Å². The van der Waals surface area contributed by atoms with Gasteiger partial charge in [-0.3, -0.25) is 0 Å². The number of halogens is 2. The fourth-order valence-electron chi connectivity index (χ4n) is 2.55. The Kier molecular flexibility index (Phi) is 3.73. The van der Waals surface area contributed by atoms with Crippen LogP contribution in [0.3, 0.4) is 0 Å². The van der Waals surface area contributed by atoms with Crippen LogP contribution < -0.4 is 0 Å². The smallest absolute Gasteiger partial charge is 0.0408 e. The molecule has 0 radical (unpaired) electrons. The molecule has 0 nitrogen and oxygen atoms in total. The van der Waals surface area contributed by atoms with Crippen molar-refractivity contribution in [1.82, 2.24) is 0 Å². The van der Waals surface area contributed by atoms with Crippen LogP contribution in [0.15, 0.2) is 24.3 Å². The van der Waals surface area contributed by atoms with Crippen molar-refractivity contribution in [1.29, 1.82) is 0 Å². The summed E-state index contributed by atoms with van der Waals surface area (Å²) in [5.74, 6) is 0. The van der Waals surface area contributed by atoms with E-state index in [4.69, 9.17) is 11.6 Å². The first-order chi connectivity index (χ1) is 7.27. The molecule has 0 aromatic heterocycles. The predicted molar refractivity (Wildman–Crippen MR) is 70.0 cm³/mol. The van der Waals surface area contributed by atoms with Gasteiger partial charge in [0.15, 0.2) is 0 Å². The highest BCUT2D eigenvalue weighted by molar-refractivity contribution is 9.09. The highest BCUT2D eigenvalue weighted by Gasteiger charge is 2.32. The van der Waals surface area contributed by atoms with Gasteiger partial charge in [-0.1, -0.05) is 58.9 Å². The van der Waals surface area contributed by atoms with Crippen LogP contribution in [0.5, 0.6) is 0 Å². The van der Waals surface area contributed by atoms with E-state index in [0.29, 0.717) is 5.41 Å². The molecule has 0 saturated heterocycles. The molecule has 1 aliphatic carbocycles. The maximum absolute atomic E-state index is 6.07. The van der Waals surface area contributed by atoms with Crippen molar-refractivity contribution in [2.24, 2.45) is 0 Å². The van der Waals surface area contributed by atoms with Crippen LogP contribution in [0.25, 0.3) is 0 Å². The fourth-order valence-corrected chi connectivity index (χ4v) is 3.62. The summed E-state index contributed by atoms with van der Waals surface area (Å²) in [6, 6.07) is 8.37. The largest absolute Gasteiger partial charge is 0.0918 e. The number of alkyl halides is 1. The highest BCUT2D eigenvalue weighted by atomic mass is 79.9. The van der Waals surface area contributed by atoms with E-state index >= 15 is 0 Å². The number of hydrogen-bond acceptors (Lipinski definition) is 0. The fraction of sp³-hybridized carbons (Fsp3) is 0.538. The van der Waals surface area contributed by atoms with Crippen molar-refractivity contribution < 1.29 is 0 Å². The Morgan fingerprint density at radius 2 is 1.93 bits per heavy atom. The van der Waals surface area contributed by atoms with Crippen molar-refractivity contribution in [3.05, 3.63) is 34.9 Å². The molecule has 2 rings (SSSR count). The van der Waals surface area contributed by atoms with E-state index in [9.17, 15) is 0 Å². The Bertz CT molecular complexity index is 329. The van der Waals surface area contributed by atoms with Crippen LogP contribution in [0.2, 0.25) is 5.02 Å². The minimum atomic E-state index is 0.336. The van der Waals surface area contributed by atoms with Crippen LogP contribution in [0, 0.1) is 0 Å². The van der Waals surface area contributed by atoms with Gasteiger partial charge in [0.2, 0.25) is 0 Å². The second kappa shape index (κ2) is 4.88. The van der Waals surface area contributed by atoms with Gasteiger partial charge in [0.05, 0.1) is 0 Å². The molecule has 1 aromatic rings. The van der Waals surface area contributed by atoms with Gasteiger partial charge in [0.1, 0.15) is 0 Å². The molecular weight excluding hydrogens is 272 g/mol. The Morgan fingerprint density at radius 3 is 2.53 bits per heavy atom. The van der Waals surface area contributed by atoms with Gasteiger partial charge in [-0.05, 0) is 30.5 Å². The molecule has 0 atom stereocenters. The van der Waals surface area contributed by atoms with Crippen molar-refractivity contribution in [3.8, 4) is 0 Å². The van der Waals surface area contributed by atoms with Gasteiger partial charge in [-0.2, -0.15) is 0 Å². The number of benzene rings is 1. The average Bonchev–Trinajstić information content (AvgIpc) is 2.30. The topological polar surface area (TPSA) is 0 Å². The van der Waals surface area contributed by atoms with E-state index in [2.05, 4.69) is 34.1 Å². The summed E-state index contributed by atoms with van der Waals surface area (Å²) in [7, 11) is 0. The molecule has 0 N–H and O–H groups in total. The SMILES string of the molecule is Clc1cccc(C2(CBr)CCCCC2)c1. The lowest BCUT2D eigenvalue weighted by atomic mass is 9.71. The quantitative estimate of drug-likeness (QED) is 0.676. The van der Waals surface area contributed by atoms with Crippen molar-refractivity contribution in [3.63, 3.8) is 0 Å². The molecule has 0 spiro atoms. The summed E-state index contributed by atoms with van der Waals surface area (Å²) in [5, 5.41) is 1.92. The van der Waals surface area contributed by atoms with Gasteiger partial charge >= 0.3 is 0 Å². The summed E-state index contributed by atoms with van der Waals surface area (Å²) >= 11 is 9.75. The second-order valence-electron chi connectivity index (χ2n) is 4.48. The molecule has 15 heavy (non-hydrogen) atoms. The summed E-state index contributed by atoms with van der Waals surface area (Å²) < 4.78 is 0. The zero-order valence-electron chi connectivity index (χ0n) is 8.81. The summed E-state index contributed by atoms with van der Waals surface area (Å²) in [5.41, 5.74) is 1.75. The standard InChI is InChI=1S/C13H16BrCl/c14-10-13(7-2-1-3-8-13)11-5-4-6-12(15)9-11/h4-6,9H,1-3,7-8,10H2. The lowest BCUT2D eigenvalue weighted by Crippen LogP contribution is -2.30. The van der Waals surface area contributed by atoms with Gasteiger partial charge in [-0.25, -0.2) is 0 Å². The molecular formula is C13H16BrCl. The number of hydrogen-bond donors (Lipinski definition) is 0. The zero-order valence-corrected chi connectivity index (χ0v) is 11.1. The molecule has 0 bridgehead atoms. The van der Waals surface area contributed by atoms with Gasteiger partial charge < -0.3 is 0 Å². The van der Waals surface area contributed by atoms with Gasteiger partial charge in [0.25, 0.3) is 0 Å². The van der Waals surface area contributed by atoms with Gasteiger partial charge in [0, 0.05) is 15.8 Å². The number of rotatable bonds is 2. The summed E-state index contributed by atoms with van der Waals surface area (Å²) in [6.07, 6.45) is 6.66. The van der Waals surface area contributed by atoms with Gasteiger partial charge in [-0.15, -0.1) is 0 Å². The van der Waals surface area contributed by atoms with E-state index in [0.717, 1.165) is 10.4 Å². The van der Waals surface area contributed by atoms with Crippen LogP contribution in [0.1, 0.15) is 37.7 Å². The minimum absolute atomic E-state index is 0.336. The Labute approximate surface area is 105 Å². The summed E-state index contributed by atoms with van der Waals surface area (Å²) in [6.45, 7) is 0. The monoisotopic (exact) mass is 286 g/mol. The molecule has 2 heteroatoms. The Balaban J connectivity index is 2.32. The molecule has 1 aromatic carbocycles. The van der Waals surface area contributed by atoms with Crippen LogP contribution in [-0.4, -0.2) is 5.33 Å². The molecule has 1 saturated carbocycles. The Hall–Kier alpha value is -0.0100. The van der Waals surface area contributed by atoms with E-state index in [-0.39, 0.29) is 0 Å². The zero-order chi connectivity index (χ0) is 10.7. The third-order valence-corrected chi connectivity index (χ3v) is 4.81. The first-order valence-corrected chi connectivity index (χ1v) is 7.09. The molecule has 1 fully saturated rings. The lowest BCUT2D eigenvalue weighted by Gasteiger charge is -2.36. The average molecular weight is 288 g/mol. The highest BCUT2D eigenvalue weighted by Crippen LogP contribution is 2.41. The maximum Gasteiger partial charge on any atom is 0.0408 e. The normalized spacial score (nSPS) is 20.1. The van der Waals surface area contributed by atoms with Crippen molar-refractivity contribution in [2.75, 3.05) is 5.33 Å². The predicted octanol–water partition coefficient (Wildman–Crippen LogP) is 4.94. The third-order valence-electron chi connectivity index (χ3n) is 3.50. The van der Waals surface area contributed by atoms with Crippen molar-refractivity contribution in [2.45, 2.75) is 37.5 Å². The molecule has 1 aliphatic rings. The molecule has 0 unspecified atom stereocenters. The van der Waals surface area contributed by atoms with E-state index < -0.39 is 0 Å². The van der Waals surface area contributed by atoms with Crippen LogP contribution >= 0.6 is 27.5 Å². The minimum Gasteiger partial charge on any atom is -0.0918 e. The molecule has 82 valence electrons. The second-order valence-corrected chi connectivity index (χ2v) is 5.48. The Morgan fingerprint density at radius 1 is 1.20 bits per heavy atom. The van der Waals surface area contributed by atoms with E-state index in [1.54, 1.807) is 0 Å². The molecule has 0 aliphatic heterocycles.